The summed E-state index contributed by atoms with van der Waals surface area (Å²) in [4.78, 5) is 0. The lowest BCUT2D eigenvalue weighted by molar-refractivity contribution is 0.250. The van der Waals surface area contributed by atoms with Crippen LogP contribution in [0.4, 0.5) is 0 Å². The number of hydrogen-bond donors (Lipinski definition) is 2. The minimum absolute atomic E-state index is 0.321. The van der Waals surface area contributed by atoms with Crippen molar-refractivity contribution in [2.75, 3.05) is 18.9 Å². The molecule has 2 N–H and O–H groups in total. The van der Waals surface area contributed by atoms with Crippen LogP contribution in [0.1, 0.15) is 40.0 Å². The first-order chi connectivity index (χ1) is 7.67. The topological polar surface area (TPSA) is 32.3 Å². The first-order valence-electron chi connectivity index (χ1n) is 6.63. The number of aliphatic hydroxyl groups is 1. The third-order valence-corrected chi connectivity index (χ3v) is 5.14. The first-order valence-corrected chi connectivity index (χ1v) is 7.68. The molecule has 0 spiro atoms. The van der Waals surface area contributed by atoms with Crippen LogP contribution in [0, 0.1) is 11.8 Å². The van der Waals surface area contributed by atoms with Crippen LogP contribution in [0.15, 0.2) is 0 Å². The minimum atomic E-state index is 0.321. The molecular weight excluding hydrogens is 218 g/mol. The molecule has 2 nitrogen and oxygen atoms in total. The van der Waals surface area contributed by atoms with Crippen LogP contribution in [0.25, 0.3) is 0 Å². The zero-order valence-corrected chi connectivity index (χ0v) is 11.7. The van der Waals surface area contributed by atoms with Crippen LogP contribution in [0.5, 0.6) is 0 Å². The van der Waals surface area contributed by atoms with Gasteiger partial charge in [-0.15, -0.1) is 0 Å². The van der Waals surface area contributed by atoms with Crippen LogP contribution < -0.4 is 5.32 Å². The standard InChI is InChI=1S/C13H27NOS/c1-4-14-12-6-5-10(2)7-13(12)16-9-11(3)8-15/h10-15H,4-9H2,1-3H3. The second-order valence-corrected chi connectivity index (χ2v) is 6.51. The first kappa shape index (κ1) is 14.3. The van der Waals surface area contributed by atoms with Crippen LogP contribution >= 0.6 is 11.8 Å². The molecule has 4 atom stereocenters. The van der Waals surface area contributed by atoms with Crippen molar-refractivity contribution < 1.29 is 5.11 Å². The number of aliphatic hydroxyl groups excluding tert-OH is 1. The fourth-order valence-corrected chi connectivity index (χ4v) is 3.96. The van der Waals surface area contributed by atoms with Gasteiger partial charge in [0.25, 0.3) is 0 Å². The van der Waals surface area contributed by atoms with Gasteiger partial charge >= 0.3 is 0 Å². The van der Waals surface area contributed by atoms with E-state index in [1.807, 2.05) is 0 Å². The molecule has 0 aromatic carbocycles. The Morgan fingerprint density at radius 2 is 2.19 bits per heavy atom. The SMILES string of the molecule is CCNC1CCC(C)CC1SCC(C)CO. The Morgan fingerprint density at radius 1 is 1.44 bits per heavy atom. The molecule has 0 aromatic heterocycles. The Morgan fingerprint density at radius 3 is 2.81 bits per heavy atom. The van der Waals surface area contributed by atoms with E-state index in [1.54, 1.807) is 0 Å². The molecule has 3 heteroatoms. The maximum Gasteiger partial charge on any atom is 0.0464 e. The highest BCUT2D eigenvalue weighted by Crippen LogP contribution is 2.33. The maximum absolute atomic E-state index is 9.06. The van der Waals surface area contributed by atoms with Gasteiger partial charge in [-0.25, -0.2) is 0 Å². The fourth-order valence-electron chi connectivity index (χ4n) is 2.35. The van der Waals surface area contributed by atoms with Gasteiger partial charge in [-0.1, -0.05) is 20.8 Å². The van der Waals surface area contributed by atoms with Crippen LogP contribution in [0.2, 0.25) is 0 Å². The highest BCUT2D eigenvalue weighted by atomic mass is 32.2. The molecule has 0 bridgehead atoms. The molecule has 0 heterocycles. The predicted molar refractivity (Wildman–Crippen MR) is 73.0 cm³/mol. The van der Waals surface area contributed by atoms with E-state index >= 15 is 0 Å². The van der Waals surface area contributed by atoms with Gasteiger partial charge in [0.05, 0.1) is 0 Å². The Bertz CT molecular complexity index is 189. The van der Waals surface area contributed by atoms with E-state index in [9.17, 15) is 0 Å². The smallest absolute Gasteiger partial charge is 0.0464 e. The summed E-state index contributed by atoms with van der Waals surface area (Å²) in [5, 5.41) is 13.4. The second kappa shape index (κ2) is 7.57. The lowest BCUT2D eigenvalue weighted by Crippen LogP contribution is -2.42. The lowest BCUT2D eigenvalue weighted by Gasteiger charge is -2.35. The average Bonchev–Trinajstić information content (AvgIpc) is 2.29. The van der Waals surface area contributed by atoms with E-state index < -0.39 is 0 Å². The van der Waals surface area contributed by atoms with Gasteiger partial charge in [0.15, 0.2) is 0 Å². The Balaban J connectivity index is 2.38. The van der Waals surface area contributed by atoms with E-state index in [1.165, 1.54) is 19.3 Å². The summed E-state index contributed by atoms with van der Waals surface area (Å²) in [5.74, 6) is 2.40. The molecule has 1 fully saturated rings. The summed E-state index contributed by atoms with van der Waals surface area (Å²) in [5.41, 5.74) is 0. The molecule has 0 aliphatic heterocycles. The zero-order chi connectivity index (χ0) is 12.0. The molecule has 1 aliphatic carbocycles. The lowest BCUT2D eigenvalue weighted by atomic mass is 9.87. The van der Waals surface area contributed by atoms with Gasteiger partial charge < -0.3 is 10.4 Å². The Kier molecular flexibility index (Phi) is 6.78. The van der Waals surface area contributed by atoms with Crippen molar-refractivity contribution in [1.82, 2.24) is 5.32 Å². The van der Waals surface area contributed by atoms with Gasteiger partial charge in [0.1, 0.15) is 0 Å². The van der Waals surface area contributed by atoms with E-state index in [2.05, 4.69) is 37.8 Å². The highest BCUT2D eigenvalue weighted by molar-refractivity contribution is 7.99. The Hall–Kier alpha value is 0.270. The minimum Gasteiger partial charge on any atom is -0.396 e. The van der Waals surface area contributed by atoms with Gasteiger partial charge in [0, 0.05) is 17.9 Å². The normalized spacial score (nSPS) is 32.6. The molecule has 16 heavy (non-hydrogen) atoms. The maximum atomic E-state index is 9.06. The summed E-state index contributed by atoms with van der Waals surface area (Å²) < 4.78 is 0. The second-order valence-electron chi connectivity index (χ2n) is 5.24. The molecule has 0 radical (unpaired) electrons. The third-order valence-electron chi connectivity index (χ3n) is 3.43. The van der Waals surface area contributed by atoms with E-state index in [-0.39, 0.29) is 0 Å². The van der Waals surface area contributed by atoms with Crippen molar-refractivity contribution in [2.45, 2.75) is 51.3 Å². The quantitative estimate of drug-likeness (QED) is 0.754. The molecule has 0 saturated heterocycles. The van der Waals surface area contributed by atoms with Crippen LogP contribution in [-0.4, -0.2) is 35.3 Å². The van der Waals surface area contributed by atoms with Crippen LogP contribution in [-0.2, 0) is 0 Å². The molecule has 1 saturated carbocycles. The van der Waals surface area contributed by atoms with Crippen molar-refractivity contribution in [3.8, 4) is 0 Å². The van der Waals surface area contributed by atoms with Crippen molar-refractivity contribution in [1.29, 1.82) is 0 Å². The van der Waals surface area contributed by atoms with Gasteiger partial charge in [-0.2, -0.15) is 11.8 Å². The summed E-state index contributed by atoms with van der Waals surface area (Å²) >= 11 is 2.06. The largest absolute Gasteiger partial charge is 0.396 e. The zero-order valence-electron chi connectivity index (χ0n) is 10.9. The third kappa shape index (κ3) is 4.64. The van der Waals surface area contributed by atoms with Crippen molar-refractivity contribution in [2.24, 2.45) is 11.8 Å². The van der Waals surface area contributed by atoms with Gasteiger partial charge in [-0.3, -0.25) is 0 Å². The van der Waals surface area contributed by atoms with Crippen molar-refractivity contribution >= 4 is 11.8 Å². The van der Waals surface area contributed by atoms with Crippen LogP contribution in [0.3, 0.4) is 0 Å². The highest BCUT2D eigenvalue weighted by Gasteiger charge is 2.28. The number of thioether (sulfide) groups is 1. The number of rotatable bonds is 6. The molecule has 4 unspecified atom stereocenters. The summed E-state index contributed by atoms with van der Waals surface area (Å²) in [6.45, 7) is 8.08. The molecule has 0 amide bonds. The molecular formula is C13H27NOS. The molecule has 1 aliphatic rings. The fraction of sp³-hybridized carbons (Fsp3) is 1.00. The Labute approximate surface area is 105 Å². The van der Waals surface area contributed by atoms with E-state index in [0.717, 1.165) is 23.5 Å². The van der Waals surface area contributed by atoms with E-state index in [0.29, 0.717) is 18.6 Å². The van der Waals surface area contributed by atoms with Crippen molar-refractivity contribution in [3.05, 3.63) is 0 Å². The van der Waals surface area contributed by atoms with E-state index in [4.69, 9.17) is 5.11 Å². The molecule has 1 rings (SSSR count). The average molecular weight is 245 g/mol. The monoisotopic (exact) mass is 245 g/mol. The number of hydrogen-bond acceptors (Lipinski definition) is 3. The molecule has 0 aromatic rings. The summed E-state index contributed by atoms with van der Waals surface area (Å²) in [7, 11) is 0. The summed E-state index contributed by atoms with van der Waals surface area (Å²) in [6.07, 6.45) is 4.02. The van der Waals surface area contributed by atoms with Crippen molar-refractivity contribution in [3.63, 3.8) is 0 Å². The summed E-state index contributed by atoms with van der Waals surface area (Å²) in [6, 6.07) is 0.692. The van der Waals surface area contributed by atoms with Gasteiger partial charge in [0.2, 0.25) is 0 Å². The number of nitrogens with one attached hydrogen (secondary N) is 1. The predicted octanol–water partition coefficient (Wildman–Crippen LogP) is 2.51. The van der Waals surface area contributed by atoms with Gasteiger partial charge in [-0.05, 0) is 43.4 Å². The molecule has 96 valence electrons.